The van der Waals surface area contributed by atoms with Crippen LogP contribution < -0.4 is 10.6 Å². The highest BCUT2D eigenvalue weighted by Crippen LogP contribution is 2.24. The number of aromatic nitrogens is 1. The topological polar surface area (TPSA) is 97.4 Å². The molecule has 0 aliphatic carbocycles. The molecule has 0 aliphatic heterocycles. The van der Waals surface area contributed by atoms with Gasteiger partial charge in [0.2, 0.25) is 5.91 Å². The molecule has 0 bridgehead atoms. The quantitative estimate of drug-likeness (QED) is 0.678. The fourth-order valence-electron chi connectivity index (χ4n) is 2.07. The molecule has 2 N–H and O–H groups in total. The van der Waals surface area contributed by atoms with E-state index in [-0.39, 0.29) is 18.9 Å². The van der Waals surface area contributed by atoms with Crippen molar-refractivity contribution in [1.82, 2.24) is 15.6 Å². The zero-order valence-corrected chi connectivity index (χ0v) is 15.5. The lowest BCUT2D eigenvalue weighted by Crippen LogP contribution is -2.37. The molecule has 0 radical (unpaired) electrons. The van der Waals surface area contributed by atoms with Crippen LogP contribution in [0.15, 0.2) is 29.6 Å². The van der Waals surface area contributed by atoms with E-state index < -0.39 is 18.5 Å². The minimum absolute atomic E-state index is 0.00767. The van der Waals surface area contributed by atoms with Crippen LogP contribution in [-0.4, -0.2) is 43.0 Å². The first-order valence-corrected chi connectivity index (χ1v) is 9.06. The van der Waals surface area contributed by atoms with E-state index in [0.717, 1.165) is 17.0 Å². The summed E-state index contributed by atoms with van der Waals surface area (Å²) in [5.41, 5.74) is 2.85. The highest BCUT2D eigenvalue weighted by molar-refractivity contribution is 7.13. The second-order valence-corrected chi connectivity index (χ2v) is 6.34. The summed E-state index contributed by atoms with van der Waals surface area (Å²) in [4.78, 5) is 38.8. The van der Waals surface area contributed by atoms with Crippen LogP contribution >= 0.6 is 11.3 Å². The molecule has 0 saturated carbocycles. The first kappa shape index (κ1) is 19.6. The molecule has 2 amide bonds. The van der Waals surface area contributed by atoms with Gasteiger partial charge in [-0.25, -0.2) is 4.98 Å². The second-order valence-electron chi connectivity index (χ2n) is 5.48. The molecule has 8 heteroatoms. The number of hydrogen-bond donors (Lipinski definition) is 2. The molecule has 7 nitrogen and oxygen atoms in total. The number of nitrogens with one attached hydrogen (secondary N) is 2. The van der Waals surface area contributed by atoms with Crippen LogP contribution in [0, 0.1) is 0 Å². The zero-order chi connectivity index (χ0) is 18.9. The lowest BCUT2D eigenvalue weighted by molar-refractivity contribution is -0.148. The highest BCUT2D eigenvalue weighted by atomic mass is 32.1. The van der Waals surface area contributed by atoms with Crippen LogP contribution in [0.25, 0.3) is 10.6 Å². The van der Waals surface area contributed by atoms with Gasteiger partial charge in [0.25, 0.3) is 5.91 Å². The third kappa shape index (κ3) is 5.96. The number of amides is 2. The van der Waals surface area contributed by atoms with E-state index in [2.05, 4.69) is 34.7 Å². The lowest BCUT2D eigenvalue weighted by atomic mass is 10.1. The third-order valence-electron chi connectivity index (χ3n) is 3.58. The molecular formula is C18H21N3O4S. The average Bonchev–Trinajstić information content (AvgIpc) is 3.12. The van der Waals surface area contributed by atoms with Crippen LogP contribution in [0.2, 0.25) is 0 Å². The van der Waals surface area contributed by atoms with Gasteiger partial charge in [0.15, 0.2) is 6.61 Å². The van der Waals surface area contributed by atoms with E-state index in [1.54, 1.807) is 5.38 Å². The van der Waals surface area contributed by atoms with Gasteiger partial charge in [-0.2, -0.15) is 0 Å². The predicted octanol–water partition coefficient (Wildman–Crippen LogP) is 1.32. The van der Waals surface area contributed by atoms with Crippen molar-refractivity contribution < 1.29 is 19.1 Å². The van der Waals surface area contributed by atoms with Gasteiger partial charge in [0, 0.05) is 18.0 Å². The average molecular weight is 375 g/mol. The maximum Gasteiger partial charge on any atom is 0.312 e. The number of carbonyl (C=O) groups excluding carboxylic acids is 3. The van der Waals surface area contributed by atoms with Gasteiger partial charge in [-0.15, -0.1) is 11.3 Å². The van der Waals surface area contributed by atoms with Gasteiger partial charge in [-0.3, -0.25) is 14.4 Å². The Kier molecular flexibility index (Phi) is 7.28. The largest absolute Gasteiger partial charge is 0.455 e. The number of nitrogens with zero attached hydrogens (tertiary/aromatic N) is 1. The van der Waals surface area contributed by atoms with Crippen molar-refractivity contribution >= 4 is 29.1 Å². The van der Waals surface area contributed by atoms with Crippen LogP contribution in [0.1, 0.15) is 18.2 Å². The zero-order valence-electron chi connectivity index (χ0n) is 14.7. The van der Waals surface area contributed by atoms with Crippen LogP contribution in [0.5, 0.6) is 0 Å². The predicted molar refractivity (Wildman–Crippen MR) is 98.7 cm³/mol. The normalized spacial score (nSPS) is 10.2. The number of ether oxygens (including phenoxy) is 1. The third-order valence-corrected chi connectivity index (χ3v) is 4.52. The van der Waals surface area contributed by atoms with Crippen molar-refractivity contribution in [3.8, 4) is 10.6 Å². The number of aryl methyl sites for hydroxylation is 1. The van der Waals surface area contributed by atoms with Crippen molar-refractivity contribution in [2.75, 3.05) is 20.2 Å². The lowest BCUT2D eigenvalue weighted by Gasteiger charge is -2.05. The summed E-state index contributed by atoms with van der Waals surface area (Å²) in [6, 6.07) is 8.14. The van der Waals surface area contributed by atoms with Gasteiger partial charge in [-0.1, -0.05) is 31.2 Å². The maximum atomic E-state index is 11.8. The minimum atomic E-state index is -0.543. The van der Waals surface area contributed by atoms with Gasteiger partial charge in [-0.05, 0) is 12.0 Å². The van der Waals surface area contributed by atoms with Crippen molar-refractivity contribution in [2.24, 2.45) is 0 Å². The summed E-state index contributed by atoms with van der Waals surface area (Å²) in [5.74, 6) is -1.40. The first-order valence-electron chi connectivity index (χ1n) is 8.18. The number of likely N-dealkylation sites (N-methyl/N-ethyl adjacent to an activating group) is 1. The van der Waals surface area contributed by atoms with E-state index in [1.807, 2.05) is 12.1 Å². The molecule has 0 atom stereocenters. The van der Waals surface area contributed by atoms with E-state index >= 15 is 0 Å². The monoisotopic (exact) mass is 375 g/mol. The standard InChI is InChI=1S/C18H21N3O4S/c1-3-12-4-6-13(7-5-12)18-21-14(11-26-18)8-17(24)25-10-16(23)20-9-15(22)19-2/h4-7,11H,3,8-10H2,1-2H3,(H,19,22)(H,20,23). The van der Waals surface area contributed by atoms with Crippen molar-refractivity contribution in [3.05, 3.63) is 40.9 Å². The Balaban J connectivity index is 1.81. The SMILES string of the molecule is CCc1ccc(-c2nc(CC(=O)OCC(=O)NCC(=O)NC)cs2)cc1. The molecule has 2 rings (SSSR count). The molecule has 1 heterocycles. The molecule has 0 aliphatic rings. The van der Waals surface area contributed by atoms with Gasteiger partial charge in [0.05, 0.1) is 18.7 Å². The smallest absolute Gasteiger partial charge is 0.312 e. The number of esters is 1. The van der Waals surface area contributed by atoms with Crippen molar-refractivity contribution in [1.29, 1.82) is 0 Å². The fraction of sp³-hybridized carbons (Fsp3) is 0.333. The summed E-state index contributed by atoms with van der Waals surface area (Å²) in [6.07, 6.45) is 0.970. The first-order chi connectivity index (χ1) is 12.5. The van der Waals surface area contributed by atoms with Gasteiger partial charge < -0.3 is 15.4 Å². The number of carbonyl (C=O) groups is 3. The Morgan fingerprint density at radius 3 is 2.54 bits per heavy atom. The number of thiazole rings is 1. The summed E-state index contributed by atoms with van der Waals surface area (Å²) < 4.78 is 4.90. The van der Waals surface area contributed by atoms with Crippen LogP contribution in [0.3, 0.4) is 0 Å². The van der Waals surface area contributed by atoms with Crippen molar-refractivity contribution in [3.63, 3.8) is 0 Å². The molecule has 26 heavy (non-hydrogen) atoms. The van der Waals surface area contributed by atoms with Crippen LogP contribution in [0.4, 0.5) is 0 Å². The highest BCUT2D eigenvalue weighted by Gasteiger charge is 2.12. The molecule has 0 spiro atoms. The van der Waals surface area contributed by atoms with Gasteiger partial charge in [0.1, 0.15) is 5.01 Å². The Labute approximate surface area is 155 Å². The van der Waals surface area contributed by atoms with Crippen LogP contribution in [-0.2, 0) is 32.0 Å². The molecule has 1 aromatic heterocycles. The van der Waals surface area contributed by atoms with E-state index in [1.165, 1.54) is 23.9 Å². The Bertz CT molecular complexity index is 771. The molecule has 2 aromatic rings. The van der Waals surface area contributed by atoms with E-state index in [0.29, 0.717) is 5.69 Å². The van der Waals surface area contributed by atoms with Crippen molar-refractivity contribution in [2.45, 2.75) is 19.8 Å². The van der Waals surface area contributed by atoms with E-state index in [4.69, 9.17) is 4.74 Å². The fourth-order valence-corrected chi connectivity index (χ4v) is 2.89. The molecule has 1 aromatic carbocycles. The second kappa shape index (κ2) is 9.67. The minimum Gasteiger partial charge on any atom is -0.455 e. The van der Waals surface area contributed by atoms with Gasteiger partial charge >= 0.3 is 5.97 Å². The summed E-state index contributed by atoms with van der Waals surface area (Å²) >= 11 is 1.45. The number of rotatable bonds is 8. The van der Waals surface area contributed by atoms with E-state index in [9.17, 15) is 14.4 Å². The molecular weight excluding hydrogens is 354 g/mol. The summed E-state index contributed by atoms with van der Waals surface area (Å²) in [7, 11) is 1.47. The molecule has 0 unspecified atom stereocenters. The Hall–Kier alpha value is -2.74. The Morgan fingerprint density at radius 2 is 1.88 bits per heavy atom. The molecule has 0 fully saturated rings. The summed E-state index contributed by atoms with van der Waals surface area (Å²) in [6.45, 7) is 1.52. The maximum absolute atomic E-state index is 11.8. The Morgan fingerprint density at radius 1 is 1.15 bits per heavy atom. The number of benzene rings is 1. The number of hydrogen-bond acceptors (Lipinski definition) is 6. The summed E-state index contributed by atoms with van der Waals surface area (Å²) in [5, 5.41) is 7.35. The molecule has 0 saturated heterocycles. The molecule has 138 valence electrons.